The van der Waals surface area contributed by atoms with Crippen LogP contribution in [0.15, 0.2) is 18.2 Å². The van der Waals surface area contributed by atoms with Crippen LogP contribution >= 0.6 is 23.2 Å². The van der Waals surface area contributed by atoms with E-state index in [1.54, 1.807) is 19.1 Å². The summed E-state index contributed by atoms with van der Waals surface area (Å²) < 4.78 is 4.96. The Bertz CT molecular complexity index is 454. The monoisotopic (exact) mass is 288 g/mol. The Balaban J connectivity index is 2.04. The van der Waals surface area contributed by atoms with E-state index in [1.165, 1.54) is 0 Å². The Hall–Kier alpha value is -0.810. The minimum absolute atomic E-state index is 0.0224. The molecule has 1 aromatic rings. The maximum Gasteiger partial charge on any atom is 0.324 e. The van der Waals surface area contributed by atoms with Gasteiger partial charge in [-0.15, -0.1) is 0 Å². The Morgan fingerprint density at radius 1 is 1.39 bits per heavy atom. The highest BCUT2D eigenvalue weighted by Gasteiger charge is 2.31. The lowest BCUT2D eigenvalue weighted by Gasteiger charge is -2.10. The van der Waals surface area contributed by atoms with E-state index >= 15 is 0 Å². The number of hydrogen-bond acceptors (Lipinski definition) is 4. The molecular weight excluding hydrogens is 275 g/mol. The first-order valence-electron chi connectivity index (χ1n) is 5.74. The van der Waals surface area contributed by atoms with Gasteiger partial charge in [-0.1, -0.05) is 29.3 Å². The van der Waals surface area contributed by atoms with Crippen LogP contribution in [0.2, 0.25) is 10.0 Å². The number of ether oxygens (including phenoxy) is 1. The molecule has 2 rings (SSSR count). The van der Waals surface area contributed by atoms with Crippen molar-refractivity contribution in [2.45, 2.75) is 25.4 Å². The zero-order chi connectivity index (χ0) is 13.1. The van der Waals surface area contributed by atoms with E-state index < -0.39 is 0 Å². The number of esters is 1. The molecule has 2 unspecified atom stereocenters. The van der Waals surface area contributed by atoms with Gasteiger partial charge < -0.3 is 4.74 Å². The maximum absolute atomic E-state index is 11.6. The smallest absolute Gasteiger partial charge is 0.324 e. The van der Waals surface area contributed by atoms with Crippen LogP contribution in [0.1, 0.15) is 24.9 Å². The number of halogens is 2. The lowest BCUT2D eigenvalue weighted by molar-refractivity contribution is -0.145. The van der Waals surface area contributed by atoms with Gasteiger partial charge in [0.2, 0.25) is 0 Å². The van der Waals surface area contributed by atoms with Gasteiger partial charge in [-0.05, 0) is 31.0 Å². The summed E-state index contributed by atoms with van der Waals surface area (Å²) in [6.07, 6.45) is 0.622. The molecule has 0 aliphatic carbocycles. The van der Waals surface area contributed by atoms with Crippen LogP contribution in [0.5, 0.6) is 0 Å². The average Bonchev–Trinajstić information content (AvgIpc) is 2.82. The molecule has 0 amide bonds. The van der Waals surface area contributed by atoms with Crippen LogP contribution in [0.25, 0.3) is 0 Å². The molecule has 1 fully saturated rings. The third kappa shape index (κ3) is 2.95. The van der Waals surface area contributed by atoms with E-state index in [0.29, 0.717) is 23.1 Å². The molecule has 0 radical (unpaired) electrons. The van der Waals surface area contributed by atoms with E-state index in [2.05, 4.69) is 10.9 Å². The first kappa shape index (κ1) is 13.6. The predicted octanol–water partition coefficient (Wildman–Crippen LogP) is 2.46. The first-order valence-corrected chi connectivity index (χ1v) is 6.50. The fraction of sp³-hybridized carbons (Fsp3) is 0.417. The van der Waals surface area contributed by atoms with Crippen LogP contribution in [0.4, 0.5) is 0 Å². The predicted molar refractivity (Wildman–Crippen MR) is 70.5 cm³/mol. The number of carbonyl (C=O) groups excluding carboxylic acids is 1. The molecule has 1 aromatic carbocycles. The SMILES string of the molecule is CCOC(=O)C1CC(c2ccc(Cl)c(Cl)c2)NN1. The van der Waals surface area contributed by atoms with Gasteiger partial charge in [-0.25, -0.2) is 10.9 Å². The molecule has 2 atom stereocenters. The van der Waals surface area contributed by atoms with E-state index in [4.69, 9.17) is 27.9 Å². The molecule has 18 heavy (non-hydrogen) atoms. The summed E-state index contributed by atoms with van der Waals surface area (Å²) in [5, 5.41) is 1.03. The third-order valence-corrected chi connectivity index (χ3v) is 3.56. The molecule has 1 heterocycles. The zero-order valence-corrected chi connectivity index (χ0v) is 11.4. The molecule has 4 nitrogen and oxygen atoms in total. The maximum atomic E-state index is 11.6. The molecule has 0 aromatic heterocycles. The van der Waals surface area contributed by atoms with Gasteiger partial charge >= 0.3 is 5.97 Å². The molecule has 1 aliphatic rings. The molecule has 0 saturated carbocycles. The Labute approximate surface area is 116 Å². The van der Waals surface area contributed by atoms with Crippen LogP contribution in [-0.2, 0) is 9.53 Å². The van der Waals surface area contributed by atoms with Gasteiger partial charge in [0.25, 0.3) is 0 Å². The van der Waals surface area contributed by atoms with Gasteiger partial charge in [0.15, 0.2) is 0 Å². The molecule has 98 valence electrons. The van der Waals surface area contributed by atoms with Gasteiger partial charge in [0.05, 0.1) is 16.7 Å². The molecule has 0 spiro atoms. The molecule has 0 bridgehead atoms. The highest BCUT2D eigenvalue weighted by atomic mass is 35.5. The van der Waals surface area contributed by atoms with Crippen molar-refractivity contribution in [3.8, 4) is 0 Å². The molecule has 1 aliphatic heterocycles. The third-order valence-electron chi connectivity index (χ3n) is 2.82. The van der Waals surface area contributed by atoms with Crippen molar-refractivity contribution in [1.82, 2.24) is 10.9 Å². The van der Waals surface area contributed by atoms with Gasteiger partial charge in [-0.3, -0.25) is 4.79 Å². The summed E-state index contributed by atoms with van der Waals surface area (Å²) in [6.45, 7) is 2.17. The number of carbonyl (C=O) groups is 1. The average molecular weight is 289 g/mol. The van der Waals surface area contributed by atoms with Crippen molar-refractivity contribution in [2.75, 3.05) is 6.61 Å². The highest BCUT2D eigenvalue weighted by Crippen LogP contribution is 2.29. The normalized spacial score (nSPS) is 23.1. The van der Waals surface area contributed by atoms with E-state index in [1.807, 2.05) is 6.07 Å². The first-order chi connectivity index (χ1) is 8.61. The fourth-order valence-corrected chi connectivity index (χ4v) is 2.21. The van der Waals surface area contributed by atoms with Gasteiger partial charge in [0, 0.05) is 6.04 Å². The van der Waals surface area contributed by atoms with E-state index in [9.17, 15) is 4.79 Å². The van der Waals surface area contributed by atoms with Crippen molar-refractivity contribution in [3.63, 3.8) is 0 Å². The molecular formula is C12H14Cl2N2O2. The Morgan fingerprint density at radius 3 is 2.83 bits per heavy atom. The summed E-state index contributed by atoms with van der Waals surface area (Å²) in [5.74, 6) is -0.243. The highest BCUT2D eigenvalue weighted by molar-refractivity contribution is 6.42. The van der Waals surface area contributed by atoms with Crippen molar-refractivity contribution in [3.05, 3.63) is 33.8 Å². The zero-order valence-electron chi connectivity index (χ0n) is 9.87. The molecule has 1 saturated heterocycles. The number of hydrogen-bond donors (Lipinski definition) is 2. The number of hydrazine groups is 1. The minimum Gasteiger partial charge on any atom is -0.465 e. The lowest BCUT2D eigenvalue weighted by atomic mass is 10.0. The number of benzene rings is 1. The van der Waals surface area contributed by atoms with Crippen LogP contribution in [0.3, 0.4) is 0 Å². The van der Waals surface area contributed by atoms with Crippen molar-refractivity contribution in [2.24, 2.45) is 0 Å². The van der Waals surface area contributed by atoms with Crippen molar-refractivity contribution >= 4 is 29.2 Å². The van der Waals surface area contributed by atoms with Crippen molar-refractivity contribution in [1.29, 1.82) is 0 Å². The largest absolute Gasteiger partial charge is 0.465 e. The minimum atomic E-state index is -0.329. The second-order valence-corrected chi connectivity index (χ2v) is 4.87. The summed E-state index contributed by atoms with van der Waals surface area (Å²) in [4.78, 5) is 11.6. The molecule has 6 heteroatoms. The second kappa shape index (κ2) is 5.89. The van der Waals surface area contributed by atoms with Crippen LogP contribution in [0, 0.1) is 0 Å². The van der Waals surface area contributed by atoms with E-state index in [0.717, 1.165) is 5.56 Å². The Morgan fingerprint density at radius 2 is 2.17 bits per heavy atom. The van der Waals surface area contributed by atoms with Crippen LogP contribution < -0.4 is 10.9 Å². The second-order valence-electron chi connectivity index (χ2n) is 4.06. The summed E-state index contributed by atoms with van der Waals surface area (Å²) in [5.41, 5.74) is 6.97. The summed E-state index contributed by atoms with van der Waals surface area (Å²) in [7, 11) is 0. The summed E-state index contributed by atoms with van der Waals surface area (Å²) >= 11 is 11.8. The topological polar surface area (TPSA) is 50.4 Å². The fourth-order valence-electron chi connectivity index (χ4n) is 1.90. The quantitative estimate of drug-likeness (QED) is 0.839. The van der Waals surface area contributed by atoms with Crippen molar-refractivity contribution < 1.29 is 9.53 Å². The lowest BCUT2D eigenvalue weighted by Crippen LogP contribution is -2.37. The molecule has 2 N–H and O–H groups in total. The number of rotatable bonds is 3. The standard InChI is InChI=1S/C12H14Cl2N2O2/c1-2-18-12(17)11-6-10(15-16-11)7-3-4-8(13)9(14)5-7/h3-5,10-11,15-16H,2,6H2,1H3. The van der Waals surface area contributed by atoms with Gasteiger partial charge in [-0.2, -0.15) is 0 Å². The van der Waals surface area contributed by atoms with Gasteiger partial charge in [0.1, 0.15) is 6.04 Å². The van der Waals surface area contributed by atoms with E-state index in [-0.39, 0.29) is 18.1 Å². The number of nitrogens with one attached hydrogen (secondary N) is 2. The van der Waals surface area contributed by atoms with Crippen LogP contribution in [-0.4, -0.2) is 18.6 Å². The Kier molecular flexibility index (Phi) is 4.45. The summed E-state index contributed by atoms with van der Waals surface area (Å²) in [6, 6.07) is 5.13.